The predicted octanol–water partition coefficient (Wildman–Crippen LogP) is 1.57. The third kappa shape index (κ3) is 4.45. The maximum Gasteiger partial charge on any atom is 0.269 e. The van der Waals surface area contributed by atoms with Crippen LogP contribution in [-0.4, -0.2) is 53.0 Å². The van der Waals surface area contributed by atoms with Crippen molar-refractivity contribution >= 4 is 21.6 Å². The molecule has 2 aromatic rings. The van der Waals surface area contributed by atoms with Gasteiger partial charge in [-0.05, 0) is 31.0 Å². The van der Waals surface area contributed by atoms with Crippen LogP contribution in [0.1, 0.15) is 36.7 Å². The van der Waals surface area contributed by atoms with Crippen LogP contribution >= 0.6 is 0 Å². The highest BCUT2D eigenvalue weighted by molar-refractivity contribution is 7.89. The molecule has 10 heteroatoms. The van der Waals surface area contributed by atoms with Crippen molar-refractivity contribution in [2.24, 2.45) is 5.16 Å². The molecule has 1 amide bonds. The summed E-state index contributed by atoms with van der Waals surface area (Å²) >= 11 is 0. The summed E-state index contributed by atoms with van der Waals surface area (Å²) < 4.78 is 27.4. The van der Waals surface area contributed by atoms with E-state index in [9.17, 15) is 13.2 Å². The monoisotopic (exact) mass is 443 g/mol. The van der Waals surface area contributed by atoms with Gasteiger partial charge in [0.2, 0.25) is 10.0 Å². The number of carbonyl (C=O) groups excluding carboxylic acids is 1. The summed E-state index contributed by atoms with van der Waals surface area (Å²) in [6.07, 6.45) is 4.83. The second-order valence-corrected chi connectivity index (χ2v) is 9.84. The molecule has 1 fully saturated rings. The molecule has 3 heterocycles. The fourth-order valence-corrected chi connectivity index (χ4v) is 5.22. The minimum absolute atomic E-state index is 0.161. The lowest BCUT2D eigenvalue weighted by atomic mass is 9.96. The Morgan fingerprint density at radius 2 is 2.00 bits per heavy atom. The normalized spacial score (nSPS) is 21.2. The Morgan fingerprint density at radius 3 is 2.68 bits per heavy atom. The van der Waals surface area contributed by atoms with Crippen molar-refractivity contribution in [3.05, 3.63) is 53.6 Å². The maximum absolute atomic E-state index is 13.0. The van der Waals surface area contributed by atoms with Gasteiger partial charge in [-0.3, -0.25) is 14.8 Å². The number of hydrogen-bond acceptors (Lipinski definition) is 7. The number of aromatic nitrogens is 2. The number of nitrogens with one attached hydrogen (secondary N) is 1. The van der Waals surface area contributed by atoms with Gasteiger partial charge in [0.15, 0.2) is 5.60 Å². The number of hydrogen-bond donors (Lipinski definition) is 1. The lowest BCUT2D eigenvalue weighted by Gasteiger charge is -2.21. The quantitative estimate of drug-likeness (QED) is 0.725. The average molecular weight is 444 g/mol. The van der Waals surface area contributed by atoms with Crippen LogP contribution in [0.2, 0.25) is 0 Å². The number of amides is 1. The van der Waals surface area contributed by atoms with Gasteiger partial charge in [-0.15, -0.1) is 0 Å². The first-order valence-electron chi connectivity index (χ1n) is 10.2. The zero-order chi connectivity index (χ0) is 22.1. The summed E-state index contributed by atoms with van der Waals surface area (Å²) in [7, 11) is -3.63. The number of sulfonamides is 1. The van der Waals surface area contributed by atoms with Crippen molar-refractivity contribution in [1.82, 2.24) is 19.6 Å². The molecule has 0 bridgehead atoms. The number of rotatable bonds is 6. The fourth-order valence-electron chi connectivity index (χ4n) is 3.70. The molecule has 4 rings (SSSR count). The second kappa shape index (κ2) is 8.35. The van der Waals surface area contributed by atoms with Gasteiger partial charge < -0.3 is 10.2 Å². The zero-order valence-corrected chi connectivity index (χ0v) is 18.4. The van der Waals surface area contributed by atoms with E-state index in [-0.39, 0.29) is 36.0 Å². The molecule has 1 aromatic carbocycles. The van der Waals surface area contributed by atoms with Crippen LogP contribution in [0.15, 0.2) is 46.7 Å². The summed E-state index contributed by atoms with van der Waals surface area (Å²) in [6.45, 7) is 4.57. The van der Waals surface area contributed by atoms with Gasteiger partial charge in [0.05, 0.1) is 35.6 Å². The van der Waals surface area contributed by atoms with E-state index in [0.717, 1.165) is 17.7 Å². The van der Waals surface area contributed by atoms with Crippen molar-refractivity contribution in [1.29, 1.82) is 0 Å². The number of oxime groups is 1. The van der Waals surface area contributed by atoms with Gasteiger partial charge in [-0.2, -0.15) is 4.31 Å². The maximum atomic E-state index is 13.0. The van der Waals surface area contributed by atoms with Crippen LogP contribution < -0.4 is 5.32 Å². The van der Waals surface area contributed by atoms with Gasteiger partial charge in [-0.1, -0.05) is 24.2 Å². The van der Waals surface area contributed by atoms with E-state index in [2.05, 4.69) is 20.4 Å². The topological polar surface area (TPSA) is 114 Å². The third-order valence-electron chi connectivity index (χ3n) is 5.62. The van der Waals surface area contributed by atoms with E-state index in [1.807, 2.05) is 26.0 Å². The molecule has 9 nitrogen and oxygen atoms in total. The molecule has 0 aliphatic carbocycles. The Morgan fingerprint density at radius 1 is 1.23 bits per heavy atom. The third-order valence-corrected chi connectivity index (χ3v) is 7.48. The van der Waals surface area contributed by atoms with Crippen LogP contribution in [0.5, 0.6) is 0 Å². The molecular formula is C21H25N5O4S. The van der Waals surface area contributed by atoms with E-state index >= 15 is 0 Å². The van der Waals surface area contributed by atoms with E-state index in [1.54, 1.807) is 24.5 Å². The van der Waals surface area contributed by atoms with Crippen LogP contribution in [0.4, 0.5) is 0 Å². The van der Waals surface area contributed by atoms with Crippen LogP contribution in [0.25, 0.3) is 0 Å². The molecular weight excluding hydrogens is 418 g/mol. The van der Waals surface area contributed by atoms with Gasteiger partial charge in [-0.25, -0.2) is 8.42 Å². The lowest BCUT2D eigenvalue weighted by molar-refractivity contribution is -0.115. The summed E-state index contributed by atoms with van der Waals surface area (Å²) in [5, 5.41) is 6.72. The lowest BCUT2D eigenvalue weighted by Crippen LogP contribution is -2.38. The molecule has 2 aliphatic heterocycles. The van der Waals surface area contributed by atoms with Crippen LogP contribution in [0.3, 0.4) is 0 Å². The van der Waals surface area contributed by atoms with Gasteiger partial charge >= 0.3 is 0 Å². The number of carbonyl (C=O) groups is 1. The first kappa shape index (κ1) is 21.4. The van der Waals surface area contributed by atoms with Crippen LogP contribution in [0, 0.1) is 6.92 Å². The van der Waals surface area contributed by atoms with Gasteiger partial charge in [0.25, 0.3) is 5.91 Å². The van der Waals surface area contributed by atoms with Crippen molar-refractivity contribution < 1.29 is 18.0 Å². The number of nitrogens with zero attached hydrogens (tertiary/aromatic N) is 4. The second-order valence-electron chi connectivity index (χ2n) is 7.91. The Labute approximate surface area is 181 Å². The molecule has 31 heavy (non-hydrogen) atoms. The molecule has 1 unspecified atom stereocenters. The SMILES string of the molecule is CCc1ccc(S(=O)(=O)N2CCC3(CC(C(=O)NCc4cnc(C)cn4)=NO3)C2)cc1. The number of aryl methyl sites for hydroxylation is 2. The first-order chi connectivity index (χ1) is 14.8. The molecule has 1 atom stereocenters. The standard InChI is InChI=1S/C21H25N5O4S/c1-3-16-4-6-18(7-5-16)31(28,29)26-9-8-21(14-26)10-19(25-30-21)20(27)24-13-17-12-22-15(2)11-23-17/h4-7,11-12H,3,8-10,13-14H2,1-2H3,(H,24,27). The summed E-state index contributed by atoms with van der Waals surface area (Å²) in [6, 6.07) is 6.93. The molecule has 0 saturated carbocycles. The van der Waals surface area contributed by atoms with Crippen molar-refractivity contribution in [2.45, 2.75) is 50.2 Å². The highest BCUT2D eigenvalue weighted by atomic mass is 32.2. The smallest absolute Gasteiger partial charge is 0.269 e. The van der Waals surface area contributed by atoms with Crippen molar-refractivity contribution in [3.8, 4) is 0 Å². The van der Waals surface area contributed by atoms with Crippen molar-refractivity contribution in [3.63, 3.8) is 0 Å². The van der Waals surface area contributed by atoms with E-state index < -0.39 is 15.6 Å². The molecule has 1 N–H and O–H groups in total. The minimum Gasteiger partial charge on any atom is -0.387 e. The van der Waals surface area contributed by atoms with Crippen LogP contribution in [-0.2, 0) is 32.6 Å². The van der Waals surface area contributed by atoms with Gasteiger partial charge in [0, 0.05) is 25.6 Å². The molecule has 2 aliphatic rings. The summed E-state index contributed by atoms with van der Waals surface area (Å²) in [5.41, 5.74) is 1.98. The molecule has 1 saturated heterocycles. The van der Waals surface area contributed by atoms with E-state index in [0.29, 0.717) is 18.7 Å². The van der Waals surface area contributed by atoms with Gasteiger partial charge in [0.1, 0.15) is 5.71 Å². The first-order valence-corrected chi connectivity index (χ1v) is 11.7. The molecule has 1 spiro atoms. The number of benzene rings is 1. The fraction of sp³-hybridized carbons (Fsp3) is 0.429. The minimum atomic E-state index is -3.63. The largest absolute Gasteiger partial charge is 0.387 e. The Balaban J connectivity index is 1.36. The summed E-state index contributed by atoms with van der Waals surface area (Å²) in [4.78, 5) is 26.7. The molecule has 164 valence electrons. The molecule has 0 radical (unpaired) electrons. The Hall–Kier alpha value is -2.85. The summed E-state index contributed by atoms with van der Waals surface area (Å²) in [5.74, 6) is -0.351. The van der Waals surface area contributed by atoms with E-state index in [4.69, 9.17) is 4.84 Å². The zero-order valence-electron chi connectivity index (χ0n) is 17.5. The van der Waals surface area contributed by atoms with Crippen molar-refractivity contribution in [2.75, 3.05) is 13.1 Å². The predicted molar refractivity (Wildman–Crippen MR) is 114 cm³/mol. The van der Waals surface area contributed by atoms with E-state index in [1.165, 1.54) is 4.31 Å². The Bertz CT molecular complexity index is 1100. The average Bonchev–Trinajstić information content (AvgIpc) is 3.40. The highest BCUT2D eigenvalue weighted by Crippen LogP contribution is 2.36. The Kier molecular flexibility index (Phi) is 5.76. The molecule has 1 aromatic heterocycles. The highest BCUT2D eigenvalue weighted by Gasteiger charge is 2.49.